The van der Waals surface area contributed by atoms with Crippen molar-refractivity contribution in [1.29, 1.82) is 0 Å². The van der Waals surface area contributed by atoms with Crippen LogP contribution in [0.3, 0.4) is 0 Å². The first-order valence-corrected chi connectivity index (χ1v) is 6.88. The Morgan fingerprint density at radius 2 is 1.85 bits per heavy atom. The Bertz CT molecular complexity index is 507. The number of nitrogens with one attached hydrogen (secondary N) is 2. The highest BCUT2D eigenvalue weighted by atomic mass is 79.9. The maximum atomic E-state index is 13.2. The maximum absolute atomic E-state index is 13.2. The molecule has 1 heterocycles. The van der Waals surface area contributed by atoms with E-state index in [1.165, 1.54) is 0 Å². The second-order valence-electron chi connectivity index (χ2n) is 5.01. The van der Waals surface area contributed by atoms with Crippen molar-refractivity contribution in [3.63, 3.8) is 0 Å². The van der Waals surface area contributed by atoms with Gasteiger partial charge in [0.1, 0.15) is 0 Å². The Hall–Kier alpha value is -0.720. The third-order valence-electron chi connectivity index (χ3n) is 3.38. The SMILES string of the molecule is CC1(NC(=O)c2cc(F)c(F)cc2Br)CCNCC1.Cl. The third kappa shape index (κ3) is 3.90. The van der Waals surface area contributed by atoms with E-state index in [1.54, 1.807) is 0 Å². The molecule has 0 unspecified atom stereocenters. The lowest BCUT2D eigenvalue weighted by atomic mass is 9.90. The van der Waals surface area contributed by atoms with E-state index in [0.29, 0.717) is 0 Å². The molecule has 0 bridgehead atoms. The molecular weight excluding hydrogens is 354 g/mol. The minimum absolute atomic E-state index is 0. The first-order chi connectivity index (χ1) is 8.91. The van der Waals surface area contributed by atoms with E-state index in [4.69, 9.17) is 0 Å². The topological polar surface area (TPSA) is 41.1 Å². The Labute approximate surface area is 131 Å². The molecule has 0 atom stereocenters. The van der Waals surface area contributed by atoms with E-state index in [2.05, 4.69) is 26.6 Å². The molecule has 0 aliphatic carbocycles. The number of piperidine rings is 1. The van der Waals surface area contributed by atoms with Crippen LogP contribution in [0.1, 0.15) is 30.1 Å². The number of carbonyl (C=O) groups excluding carboxylic acids is 1. The second-order valence-corrected chi connectivity index (χ2v) is 5.87. The Morgan fingerprint density at radius 3 is 2.45 bits per heavy atom. The molecule has 1 fully saturated rings. The van der Waals surface area contributed by atoms with Crippen LogP contribution < -0.4 is 10.6 Å². The summed E-state index contributed by atoms with van der Waals surface area (Å²) in [5.41, 5.74) is -0.203. The fourth-order valence-electron chi connectivity index (χ4n) is 2.14. The zero-order valence-corrected chi connectivity index (χ0v) is 13.3. The minimum Gasteiger partial charge on any atom is -0.347 e. The van der Waals surface area contributed by atoms with Crippen molar-refractivity contribution in [3.05, 3.63) is 33.8 Å². The van der Waals surface area contributed by atoms with Crippen LogP contribution in [-0.2, 0) is 0 Å². The summed E-state index contributed by atoms with van der Waals surface area (Å²) in [6.45, 7) is 3.62. The number of rotatable bonds is 2. The van der Waals surface area contributed by atoms with E-state index in [-0.39, 0.29) is 28.0 Å². The lowest BCUT2D eigenvalue weighted by Crippen LogP contribution is -2.52. The van der Waals surface area contributed by atoms with Crippen LogP contribution >= 0.6 is 28.3 Å². The highest BCUT2D eigenvalue weighted by Crippen LogP contribution is 2.23. The monoisotopic (exact) mass is 368 g/mol. The summed E-state index contributed by atoms with van der Waals surface area (Å²) in [6.07, 6.45) is 1.61. The van der Waals surface area contributed by atoms with Gasteiger partial charge in [-0.1, -0.05) is 0 Å². The van der Waals surface area contributed by atoms with Gasteiger partial charge in [-0.2, -0.15) is 0 Å². The normalized spacial score (nSPS) is 17.2. The van der Waals surface area contributed by atoms with Gasteiger partial charge >= 0.3 is 0 Å². The fraction of sp³-hybridized carbons (Fsp3) is 0.462. The molecule has 1 aromatic carbocycles. The van der Waals surface area contributed by atoms with E-state index >= 15 is 0 Å². The van der Waals surface area contributed by atoms with Crippen LogP contribution in [-0.4, -0.2) is 24.5 Å². The summed E-state index contributed by atoms with van der Waals surface area (Å²) in [5.74, 6) is -2.39. The molecule has 1 aromatic rings. The molecule has 3 nitrogen and oxygen atoms in total. The van der Waals surface area contributed by atoms with Gasteiger partial charge in [0.15, 0.2) is 11.6 Å². The molecule has 0 aromatic heterocycles. The van der Waals surface area contributed by atoms with Crippen molar-refractivity contribution >= 4 is 34.2 Å². The zero-order valence-electron chi connectivity index (χ0n) is 10.9. The van der Waals surface area contributed by atoms with Crippen LogP contribution in [0.2, 0.25) is 0 Å². The Balaban J connectivity index is 0.00000200. The Morgan fingerprint density at radius 1 is 1.30 bits per heavy atom. The highest BCUT2D eigenvalue weighted by Gasteiger charge is 2.29. The van der Waals surface area contributed by atoms with Crippen LogP contribution in [0.4, 0.5) is 8.78 Å². The van der Waals surface area contributed by atoms with Gasteiger partial charge < -0.3 is 10.6 Å². The van der Waals surface area contributed by atoms with Gasteiger partial charge in [0, 0.05) is 10.0 Å². The number of hydrogen-bond acceptors (Lipinski definition) is 2. The lowest BCUT2D eigenvalue weighted by Gasteiger charge is -2.35. The Kier molecular flexibility index (Phi) is 5.91. The average Bonchev–Trinajstić information content (AvgIpc) is 2.34. The summed E-state index contributed by atoms with van der Waals surface area (Å²) < 4.78 is 26.5. The first kappa shape index (κ1) is 17.3. The predicted octanol–water partition coefficient (Wildman–Crippen LogP) is 3.02. The molecule has 112 valence electrons. The van der Waals surface area contributed by atoms with E-state index < -0.39 is 17.5 Å². The van der Waals surface area contributed by atoms with Crippen molar-refractivity contribution in [2.75, 3.05) is 13.1 Å². The van der Waals surface area contributed by atoms with Gasteiger partial charge in [-0.15, -0.1) is 12.4 Å². The molecule has 1 aliphatic heterocycles. The fourth-order valence-corrected chi connectivity index (χ4v) is 2.64. The summed E-state index contributed by atoms with van der Waals surface area (Å²) in [5, 5.41) is 6.11. The number of benzene rings is 1. The summed E-state index contributed by atoms with van der Waals surface area (Å²) >= 11 is 3.08. The minimum atomic E-state index is -1.02. The molecule has 0 radical (unpaired) electrons. The van der Waals surface area contributed by atoms with E-state index in [9.17, 15) is 13.6 Å². The molecule has 7 heteroatoms. The van der Waals surface area contributed by atoms with Gasteiger partial charge in [0.2, 0.25) is 0 Å². The van der Waals surface area contributed by atoms with Crippen molar-refractivity contribution in [3.8, 4) is 0 Å². The zero-order chi connectivity index (χ0) is 14.0. The largest absolute Gasteiger partial charge is 0.347 e. The van der Waals surface area contributed by atoms with Crippen LogP contribution in [0.5, 0.6) is 0 Å². The van der Waals surface area contributed by atoms with Crippen molar-refractivity contribution in [2.24, 2.45) is 0 Å². The van der Waals surface area contributed by atoms with Crippen LogP contribution in [0.25, 0.3) is 0 Å². The van der Waals surface area contributed by atoms with Crippen molar-refractivity contribution in [2.45, 2.75) is 25.3 Å². The average molecular weight is 370 g/mol. The quantitative estimate of drug-likeness (QED) is 0.787. The standard InChI is InChI=1S/C13H15BrF2N2O.ClH/c1-13(2-4-17-5-3-13)18-12(19)8-6-10(15)11(16)7-9(8)14;/h6-7,17H,2-5H2,1H3,(H,18,19);1H. The van der Waals surface area contributed by atoms with Gasteiger partial charge in [-0.3, -0.25) is 4.79 Å². The molecule has 0 saturated carbocycles. The molecule has 20 heavy (non-hydrogen) atoms. The molecule has 2 rings (SSSR count). The summed E-state index contributed by atoms with van der Waals surface area (Å²) in [4.78, 5) is 12.2. The van der Waals surface area contributed by atoms with Crippen LogP contribution in [0.15, 0.2) is 16.6 Å². The highest BCUT2D eigenvalue weighted by molar-refractivity contribution is 9.10. The van der Waals surface area contributed by atoms with Crippen molar-refractivity contribution < 1.29 is 13.6 Å². The molecular formula is C13H16BrClF2N2O. The predicted molar refractivity (Wildman–Crippen MR) is 79.3 cm³/mol. The first-order valence-electron chi connectivity index (χ1n) is 6.09. The lowest BCUT2D eigenvalue weighted by molar-refractivity contribution is 0.0886. The van der Waals surface area contributed by atoms with Gasteiger partial charge in [0.25, 0.3) is 5.91 Å². The number of halogens is 4. The number of carbonyl (C=O) groups is 1. The smallest absolute Gasteiger partial charge is 0.252 e. The molecule has 0 spiro atoms. The van der Waals surface area contributed by atoms with Crippen molar-refractivity contribution in [1.82, 2.24) is 10.6 Å². The molecule has 2 N–H and O–H groups in total. The van der Waals surface area contributed by atoms with Gasteiger partial charge in [-0.05, 0) is 60.9 Å². The van der Waals surface area contributed by atoms with E-state index in [0.717, 1.165) is 38.1 Å². The van der Waals surface area contributed by atoms with Gasteiger partial charge in [0.05, 0.1) is 5.56 Å². The second kappa shape index (κ2) is 6.83. The number of amides is 1. The molecule has 1 aliphatic rings. The molecule has 1 saturated heterocycles. The van der Waals surface area contributed by atoms with Crippen LogP contribution in [0, 0.1) is 11.6 Å². The third-order valence-corrected chi connectivity index (χ3v) is 4.03. The molecule has 1 amide bonds. The van der Waals surface area contributed by atoms with E-state index in [1.807, 2.05) is 6.92 Å². The van der Waals surface area contributed by atoms with Gasteiger partial charge in [-0.25, -0.2) is 8.78 Å². The summed E-state index contributed by atoms with van der Waals surface area (Å²) in [6, 6.07) is 1.88. The maximum Gasteiger partial charge on any atom is 0.252 e. The summed E-state index contributed by atoms with van der Waals surface area (Å²) in [7, 11) is 0. The number of hydrogen-bond donors (Lipinski definition) is 2.